The molecule has 0 aliphatic rings. The molecule has 1 aromatic rings. The molecule has 0 unspecified atom stereocenters. The molecule has 0 bridgehead atoms. The minimum absolute atomic E-state index is 0.0137. The highest BCUT2D eigenvalue weighted by molar-refractivity contribution is 6.76. The topological polar surface area (TPSA) is 65.7 Å². The van der Waals surface area contributed by atoms with Gasteiger partial charge in [0.1, 0.15) is 12.4 Å². The average Bonchev–Trinajstić information content (AvgIpc) is 2.96. The highest BCUT2D eigenvalue weighted by Crippen LogP contribution is 2.61. The Morgan fingerprint density at radius 1 is 0.820 bits per heavy atom. The summed E-state index contributed by atoms with van der Waals surface area (Å²) >= 11 is 0. The SMILES string of the molecule is CCCc1ccc([C@H](C)[C@H](O[Si](CCC(F)(F)C(F)(F)C(F)(F)C(F)(F)C(F)(F)C(F)(F)F)(C(C)C)C(C)C)/C(C)=C/COC(C)=O)oc1=O. The van der Waals surface area contributed by atoms with Gasteiger partial charge in [0.2, 0.25) is 0 Å². The van der Waals surface area contributed by atoms with Gasteiger partial charge >= 0.3 is 47.4 Å². The molecule has 0 radical (unpaired) electrons. The van der Waals surface area contributed by atoms with Gasteiger partial charge in [0.15, 0.2) is 8.32 Å². The van der Waals surface area contributed by atoms with Crippen molar-refractivity contribution in [2.45, 2.75) is 140 Å². The summed E-state index contributed by atoms with van der Waals surface area (Å²) in [7, 11) is -4.07. The number of alkyl halides is 13. The van der Waals surface area contributed by atoms with Crippen LogP contribution < -0.4 is 5.63 Å². The summed E-state index contributed by atoms with van der Waals surface area (Å²) in [6, 6.07) is 1.71. The van der Waals surface area contributed by atoms with Crippen molar-refractivity contribution >= 4 is 14.3 Å². The van der Waals surface area contributed by atoms with Crippen molar-refractivity contribution in [2.24, 2.45) is 0 Å². The molecule has 0 saturated heterocycles. The van der Waals surface area contributed by atoms with Gasteiger partial charge < -0.3 is 13.6 Å². The van der Waals surface area contributed by atoms with Crippen LogP contribution in [0, 0.1) is 0 Å². The predicted molar refractivity (Wildman–Crippen MR) is 159 cm³/mol. The minimum atomic E-state index is -7.99. The van der Waals surface area contributed by atoms with E-state index >= 15 is 8.78 Å². The number of hydrogen-bond donors (Lipinski definition) is 0. The van der Waals surface area contributed by atoms with Gasteiger partial charge in [0.25, 0.3) is 0 Å². The van der Waals surface area contributed by atoms with E-state index in [9.17, 15) is 57.9 Å². The summed E-state index contributed by atoms with van der Waals surface area (Å²) in [5.41, 5.74) is -1.80. The van der Waals surface area contributed by atoms with Gasteiger partial charge in [-0.1, -0.05) is 48.0 Å². The first-order valence-electron chi connectivity index (χ1n) is 15.5. The maximum absolute atomic E-state index is 15.0. The van der Waals surface area contributed by atoms with Gasteiger partial charge in [-0.15, -0.1) is 0 Å². The van der Waals surface area contributed by atoms with Crippen LogP contribution in [-0.4, -0.2) is 62.8 Å². The van der Waals surface area contributed by atoms with E-state index < -0.39 is 91.3 Å². The molecule has 1 heterocycles. The summed E-state index contributed by atoms with van der Waals surface area (Å²) in [5.74, 6) is -39.0. The second-order valence-corrected chi connectivity index (χ2v) is 17.7. The second-order valence-electron chi connectivity index (χ2n) is 12.7. The van der Waals surface area contributed by atoms with E-state index in [4.69, 9.17) is 13.6 Å². The van der Waals surface area contributed by atoms with Gasteiger partial charge in [-0.3, -0.25) is 4.79 Å². The summed E-state index contributed by atoms with van der Waals surface area (Å²) in [6.45, 7) is 11.1. The highest BCUT2D eigenvalue weighted by Gasteiger charge is 2.90. The Kier molecular flexibility index (Phi) is 14.5. The third kappa shape index (κ3) is 8.89. The molecule has 1 aromatic heterocycles. The fourth-order valence-corrected chi connectivity index (χ4v) is 10.1. The van der Waals surface area contributed by atoms with Gasteiger partial charge in [-0.05, 0) is 54.3 Å². The van der Waals surface area contributed by atoms with Crippen LogP contribution in [0.3, 0.4) is 0 Å². The zero-order valence-corrected chi connectivity index (χ0v) is 29.5. The van der Waals surface area contributed by atoms with E-state index in [2.05, 4.69) is 0 Å². The fourth-order valence-electron chi connectivity index (χ4n) is 5.42. The molecule has 0 fully saturated rings. The standard InChI is InChI=1S/C31H41F13O5Si/c1-9-10-22-11-12-23(48-25(22)46)20(7)24(19(6)13-15-47-21(8)45)49-50(17(2)3,18(4)5)16-14-26(32,33)27(34,35)28(36,37)29(38,39)30(40,41)31(42,43)44/h11-13,17-18,20,24H,9-10,14-16H2,1-8H3/b19-13+/t20-,24+/m0/s1. The summed E-state index contributed by atoms with van der Waals surface area (Å²) in [4.78, 5) is 23.9. The van der Waals surface area contributed by atoms with E-state index in [0.717, 1.165) is 6.92 Å². The maximum Gasteiger partial charge on any atom is 0.460 e. The summed E-state index contributed by atoms with van der Waals surface area (Å²) in [5, 5.41) is 0. The second kappa shape index (κ2) is 16.0. The number of carbonyl (C=O) groups excluding carboxylic acids is 1. The average molecular weight is 769 g/mol. The number of aryl methyl sites for hydroxylation is 1. The van der Waals surface area contributed by atoms with Crippen molar-refractivity contribution < 1.29 is 75.4 Å². The zero-order valence-electron chi connectivity index (χ0n) is 28.5. The zero-order chi connectivity index (χ0) is 39.5. The number of hydrogen-bond acceptors (Lipinski definition) is 5. The number of esters is 1. The van der Waals surface area contributed by atoms with Crippen LogP contribution in [0.15, 0.2) is 33.0 Å². The molecule has 1 rings (SSSR count). The number of rotatable bonds is 18. The van der Waals surface area contributed by atoms with Crippen LogP contribution in [0.25, 0.3) is 0 Å². The van der Waals surface area contributed by atoms with Crippen molar-refractivity contribution in [2.75, 3.05) is 6.61 Å². The molecule has 0 aromatic carbocycles. The van der Waals surface area contributed by atoms with Crippen molar-refractivity contribution in [3.05, 3.63) is 45.5 Å². The molecule has 50 heavy (non-hydrogen) atoms. The first kappa shape index (κ1) is 45.4. The van der Waals surface area contributed by atoms with Crippen LogP contribution in [0.2, 0.25) is 17.1 Å². The van der Waals surface area contributed by atoms with Gasteiger partial charge in [0, 0.05) is 24.8 Å². The van der Waals surface area contributed by atoms with Crippen molar-refractivity contribution in [1.82, 2.24) is 0 Å². The molecule has 0 N–H and O–H groups in total. The normalized spacial score (nSPS) is 15.9. The van der Waals surface area contributed by atoms with E-state index in [1.807, 2.05) is 6.92 Å². The molecular formula is C31H41F13O5Si. The lowest BCUT2D eigenvalue weighted by molar-refractivity contribution is -0.440. The third-order valence-corrected chi connectivity index (χ3v) is 14.2. The lowest BCUT2D eigenvalue weighted by atomic mass is 9.93. The monoisotopic (exact) mass is 768 g/mol. The maximum atomic E-state index is 15.0. The van der Waals surface area contributed by atoms with Crippen LogP contribution in [-0.2, 0) is 20.4 Å². The highest BCUT2D eigenvalue weighted by atomic mass is 28.4. The quantitative estimate of drug-likeness (QED) is 0.0644. The first-order valence-corrected chi connectivity index (χ1v) is 17.7. The Hall–Kier alpha value is -2.57. The first-order chi connectivity index (χ1) is 22.4. The van der Waals surface area contributed by atoms with E-state index in [-0.39, 0.29) is 17.9 Å². The predicted octanol–water partition coefficient (Wildman–Crippen LogP) is 10.5. The van der Waals surface area contributed by atoms with Gasteiger partial charge in [-0.2, -0.15) is 57.1 Å². The fraction of sp³-hybridized carbons (Fsp3) is 0.742. The van der Waals surface area contributed by atoms with E-state index in [1.165, 1.54) is 59.8 Å². The van der Waals surface area contributed by atoms with Crippen LogP contribution in [0.1, 0.15) is 85.5 Å². The summed E-state index contributed by atoms with van der Waals surface area (Å²) in [6.07, 6.45) is -8.83. The molecule has 0 spiro atoms. The Morgan fingerprint density at radius 3 is 1.74 bits per heavy atom. The van der Waals surface area contributed by atoms with Crippen LogP contribution in [0.4, 0.5) is 57.1 Å². The van der Waals surface area contributed by atoms with Crippen LogP contribution in [0.5, 0.6) is 0 Å². The Bertz CT molecular complexity index is 1380. The summed E-state index contributed by atoms with van der Waals surface area (Å²) < 4.78 is 197. The molecular weight excluding hydrogens is 727 g/mol. The third-order valence-electron chi connectivity index (χ3n) is 8.61. The Morgan fingerprint density at radius 2 is 1.32 bits per heavy atom. The molecule has 5 nitrogen and oxygen atoms in total. The molecule has 0 saturated carbocycles. The number of carbonyl (C=O) groups is 1. The molecule has 0 amide bonds. The van der Waals surface area contributed by atoms with E-state index in [0.29, 0.717) is 18.4 Å². The molecule has 0 aliphatic heterocycles. The van der Waals surface area contributed by atoms with Crippen molar-refractivity contribution in [3.8, 4) is 0 Å². The van der Waals surface area contributed by atoms with Crippen molar-refractivity contribution in [1.29, 1.82) is 0 Å². The number of halogens is 13. The minimum Gasteiger partial charge on any atom is -0.462 e. The smallest absolute Gasteiger partial charge is 0.460 e. The Labute approximate surface area is 281 Å². The van der Waals surface area contributed by atoms with Crippen LogP contribution >= 0.6 is 0 Å². The number of ether oxygens (including phenoxy) is 1. The molecule has 290 valence electrons. The van der Waals surface area contributed by atoms with E-state index in [1.54, 1.807) is 0 Å². The van der Waals surface area contributed by atoms with Gasteiger partial charge in [0.05, 0.1) is 6.10 Å². The Balaban J connectivity index is 3.76. The lowest BCUT2D eigenvalue weighted by Gasteiger charge is -2.45. The molecule has 2 atom stereocenters. The lowest BCUT2D eigenvalue weighted by Crippen LogP contribution is -2.70. The van der Waals surface area contributed by atoms with Gasteiger partial charge in [-0.25, -0.2) is 4.79 Å². The van der Waals surface area contributed by atoms with Crippen molar-refractivity contribution in [3.63, 3.8) is 0 Å². The largest absolute Gasteiger partial charge is 0.462 e. The molecule has 19 heteroatoms. The molecule has 0 aliphatic carbocycles.